The van der Waals surface area contributed by atoms with Gasteiger partial charge in [0.1, 0.15) is 29.5 Å². The van der Waals surface area contributed by atoms with Gasteiger partial charge in [-0.05, 0) is 75.2 Å². The van der Waals surface area contributed by atoms with Crippen LogP contribution in [0.4, 0.5) is 9.59 Å². The van der Waals surface area contributed by atoms with Crippen LogP contribution in [0.2, 0.25) is 0 Å². The molecule has 9 heteroatoms. The van der Waals surface area contributed by atoms with Gasteiger partial charge in [0.25, 0.3) is 0 Å². The van der Waals surface area contributed by atoms with E-state index in [9.17, 15) is 19.2 Å². The van der Waals surface area contributed by atoms with Crippen LogP contribution in [-0.2, 0) is 28.5 Å². The van der Waals surface area contributed by atoms with Crippen LogP contribution in [0, 0.1) is 5.41 Å². The quantitative estimate of drug-likeness (QED) is 0.317. The minimum absolute atomic E-state index is 0.158. The minimum atomic E-state index is -1.46. The Kier molecular flexibility index (Phi) is 10.3. The molecule has 0 radical (unpaired) electrons. The third-order valence-corrected chi connectivity index (χ3v) is 4.69. The van der Waals surface area contributed by atoms with Crippen molar-refractivity contribution >= 4 is 24.1 Å². The standard InChI is InChI=1S/C27H43NO8/c1-24(2,3)34-21(30)19(14-15-20(29)33-18-27(10)16-12-11-13-17-27)28(22(31)35-25(4,5)6)23(32)36-26(7,8)9/h11-13,16,19H,14-15,17-18H2,1-10H3. The normalized spacial score (nSPS) is 18.7. The van der Waals surface area contributed by atoms with Crippen LogP contribution in [0.1, 0.15) is 88.5 Å². The first-order chi connectivity index (χ1) is 16.2. The molecule has 36 heavy (non-hydrogen) atoms. The Balaban J connectivity index is 3.16. The summed E-state index contributed by atoms with van der Waals surface area (Å²) in [6.45, 7) is 16.9. The smallest absolute Gasteiger partial charge is 0.420 e. The Labute approximate surface area is 215 Å². The lowest BCUT2D eigenvalue weighted by Crippen LogP contribution is -2.53. The van der Waals surface area contributed by atoms with E-state index in [1.54, 1.807) is 62.3 Å². The molecule has 0 N–H and O–H groups in total. The molecule has 0 heterocycles. The highest BCUT2D eigenvalue weighted by atomic mass is 16.6. The van der Waals surface area contributed by atoms with E-state index >= 15 is 0 Å². The van der Waals surface area contributed by atoms with E-state index in [1.165, 1.54) is 0 Å². The van der Waals surface area contributed by atoms with Crippen molar-refractivity contribution < 1.29 is 38.1 Å². The highest BCUT2D eigenvalue weighted by molar-refractivity contribution is 5.94. The Morgan fingerprint density at radius 1 is 0.833 bits per heavy atom. The maximum Gasteiger partial charge on any atom is 0.420 e. The lowest BCUT2D eigenvalue weighted by Gasteiger charge is -2.33. The summed E-state index contributed by atoms with van der Waals surface area (Å²) in [5.74, 6) is -1.43. The Bertz CT molecular complexity index is 842. The van der Waals surface area contributed by atoms with E-state index < -0.39 is 47.0 Å². The molecule has 0 aromatic carbocycles. The van der Waals surface area contributed by atoms with Gasteiger partial charge >= 0.3 is 24.1 Å². The molecule has 2 atom stereocenters. The highest BCUT2D eigenvalue weighted by Crippen LogP contribution is 2.28. The number of esters is 2. The zero-order valence-corrected chi connectivity index (χ0v) is 23.4. The number of carbonyl (C=O) groups excluding carboxylic acids is 4. The molecule has 0 aromatic rings. The van der Waals surface area contributed by atoms with Crippen LogP contribution < -0.4 is 0 Å². The van der Waals surface area contributed by atoms with Gasteiger partial charge in [-0.25, -0.2) is 14.4 Å². The number of ether oxygens (including phenoxy) is 4. The average Bonchev–Trinajstić information content (AvgIpc) is 2.65. The monoisotopic (exact) mass is 509 g/mol. The largest absolute Gasteiger partial charge is 0.465 e. The molecule has 2 unspecified atom stereocenters. The van der Waals surface area contributed by atoms with Gasteiger partial charge in [-0.2, -0.15) is 4.90 Å². The van der Waals surface area contributed by atoms with Gasteiger partial charge in [0.05, 0.1) is 0 Å². The van der Waals surface area contributed by atoms with Crippen LogP contribution in [-0.4, -0.2) is 58.5 Å². The van der Waals surface area contributed by atoms with Crippen LogP contribution in [0.25, 0.3) is 0 Å². The molecular formula is C27H43NO8. The minimum Gasteiger partial charge on any atom is -0.465 e. The van der Waals surface area contributed by atoms with Gasteiger partial charge in [0.2, 0.25) is 0 Å². The molecule has 0 saturated carbocycles. The highest BCUT2D eigenvalue weighted by Gasteiger charge is 2.42. The summed E-state index contributed by atoms with van der Waals surface area (Å²) < 4.78 is 21.7. The zero-order valence-electron chi connectivity index (χ0n) is 23.4. The Hall–Kier alpha value is -2.84. The van der Waals surface area contributed by atoms with Crippen molar-refractivity contribution in [1.29, 1.82) is 0 Å². The zero-order chi connectivity index (χ0) is 27.9. The number of amides is 2. The van der Waals surface area contributed by atoms with E-state index in [1.807, 2.05) is 31.2 Å². The van der Waals surface area contributed by atoms with Crippen molar-refractivity contribution in [3.63, 3.8) is 0 Å². The van der Waals surface area contributed by atoms with E-state index in [2.05, 4.69) is 0 Å². The summed E-state index contributed by atoms with van der Waals surface area (Å²) >= 11 is 0. The molecule has 0 saturated heterocycles. The van der Waals surface area contributed by atoms with E-state index in [4.69, 9.17) is 18.9 Å². The van der Waals surface area contributed by atoms with Crippen molar-refractivity contribution in [2.45, 2.75) is 111 Å². The first-order valence-electron chi connectivity index (χ1n) is 12.2. The summed E-state index contributed by atoms with van der Waals surface area (Å²) in [6, 6.07) is -1.46. The summed E-state index contributed by atoms with van der Waals surface area (Å²) in [7, 11) is 0. The van der Waals surface area contributed by atoms with Crippen LogP contribution in [0.5, 0.6) is 0 Å². The van der Waals surface area contributed by atoms with Crippen LogP contribution >= 0.6 is 0 Å². The lowest BCUT2D eigenvalue weighted by molar-refractivity contribution is -0.161. The van der Waals surface area contributed by atoms with E-state index in [0.29, 0.717) is 4.90 Å². The van der Waals surface area contributed by atoms with Gasteiger partial charge in [0, 0.05) is 11.8 Å². The maximum atomic E-state index is 13.2. The molecule has 1 aliphatic rings. The number of rotatable bonds is 7. The van der Waals surface area contributed by atoms with Gasteiger partial charge in [-0.1, -0.05) is 31.2 Å². The number of allylic oxidation sites excluding steroid dienone is 3. The number of nitrogens with zero attached hydrogens (tertiary/aromatic N) is 1. The predicted octanol–water partition coefficient (Wildman–Crippen LogP) is 5.71. The Morgan fingerprint density at radius 2 is 1.33 bits per heavy atom. The molecule has 204 valence electrons. The molecule has 1 rings (SSSR count). The molecule has 0 fully saturated rings. The summed E-state index contributed by atoms with van der Waals surface area (Å²) in [4.78, 5) is 52.5. The number of hydrogen-bond acceptors (Lipinski definition) is 8. The average molecular weight is 510 g/mol. The number of imide groups is 1. The number of carbonyl (C=O) groups is 4. The molecule has 0 spiro atoms. The van der Waals surface area contributed by atoms with Crippen molar-refractivity contribution in [1.82, 2.24) is 4.90 Å². The molecule has 0 bridgehead atoms. The van der Waals surface area contributed by atoms with E-state index in [-0.39, 0.29) is 24.9 Å². The second kappa shape index (κ2) is 11.9. The van der Waals surface area contributed by atoms with Crippen molar-refractivity contribution in [3.05, 3.63) is 24.3 Å². The fourth-order valence-electron chi connectivity index (χ4n) is 3.12. The third-order valence-electron chi connectivity index (χ3n) is 4.69. The summed E-state index contributed by atoms with van der Waals surface area (Å²) in [5, 5.41) is 0. The molecule has 0 aliphatic heterocycles. The number of hydrogen-bond donors (Lipinski definition) is 0. The molecule has 0 aromatic heterocycles. The van der Waals surface area contributed by atoms with Gasteiger partial charge in [-0.3, -0.25) is 4.79 Å². The first kappa shape index (κ1) is 31.2. The fourth-order valence-corrected chi connectivity index (χ4v) is 3.12. The van der Waals surface area contributed by atoms with E-state index in [0.717, 1.165) is 6.42 Å². The molecular weight excluding hydrogens is 466 g/mol. The molecule has 1 aliphatic carbocycles. The van der Waals surface area contributed by atoms with Crippen molar-refractivity contribution in [3.8, 4) is 0 Å². The summed E-state index contributed by atoms with van der Waals surface area (Å²) in [6.07, 6.45) is 5.90. The van der Waals surface area contributed by atoms with Crippen LogP contribution in [0.15, 0.2) is 24.3 Å². The first-order valence-corrected chi connectivity index (χ1v) is 12.2. The second-order valence-electron chi connectivity index (χ2n) is 12.2. The molecule has 9 nitrogen and oxygen atoms in total. The fraction of sp³-hybridized carbons (Fsp3) is 0.704. The third kappa shape index (κ3) is 11.7. The van der Waals surface area contributed by atoms with Gasteiger partial charge < -0.3 is 18.9 Å². The van der Waals surface area contributed by atoms with Gasteiger partial charge in [-0.15, -0.1) is 0 Å². The maximum absolute atomic E-state index is 13.2. The van der Waals surface area contributed by atoms with Crippen LogP contribution in [0.3, 0.4) is 0 Å². The summed E-state index contributed by atoms with van der Waals surface area (Å²) in [5.41, 5.74) is -3.13. The lowest BCUT2D eigenvalue weighted by atomic mass is 9.85. The van der Waals surface area contributed by atoms with Crippen molar-refractivity contribution in [2.75, 3.05) is 6.61 Å². The topological polar surface area (TPSA) is 108 Å². The predicted molar refractivity (Wildman–Crippen MR) is 135 cm³/mol. The SMILES string of the molecule is CC1(COC(=O)CCC(C(=O)OC(C)(C)C)N(C(=O)OC(C)(C)C)C(=O)OC(C)(C)C)C=CC=CC1. The van der Waals surface area contributed by atoms with Crippen molar-refractivity contribution in [2.24, 2.45) is 5.41 Å². The second-order valence-corrected chi connectivity index (χ2v) is 12.2. The Morgan fingerprint density at radius 3 is 1.75 bits per heavy atom. The molecule has 2 amide bonds. The van der Waals surface area contributed by atoms with Gasteiger partial charge in [0.15, 0.2) is 0 Å².